The van der Waals surface area contributed by atoms with Crippen LogP contribution in [-0.2, 0) is 9.47 Å². The molecule has 0 fully saturated rings. The second-order valence-electron chi connectivity index (χ2n) is 9.37. The monoisotopic (exact) mass is 504 g/mol. The van der Waals surface area contributed by atoms with Gasteiger partial charge in [0.25, 0.3) is 0 Å². The second kappa shape index (κ2) is 28.4. The number of rotatable bonds is 27. The van der Waals surface area contributed by atoms with E-state index in [1.807, 2.05) is 0 Å². The maximum Gasteiger partial charge on any atom is 0.157 e. The predicted octanol–water partition coefficient (Wildman–Crippen LogP) is 10.4. The summed E-state index contributed by atoms with van der Waals surface area (Å²) in [5.74, 6) is 0. The molecule has 31 heavy (non-hydrogen) atoms. The van der Waals surface area contributed by atoms with Gasteiger partial charge in [0.05, 0.1) is 0 Å². The highest BCUT2D eigenvalue weighted by Crippen LogP contribution is 2.14. The highest BCUT2D eigenvalue weighted by atomic mass is 79.9. The fourth-order valence-corrected chi connectivity index (χ4v) is 4.45. The molecule has 0 aliphatic heterocycles. The largest absolute Gasteiger partial charge is 0.353 e. The Hall–Kier alpha value is 0.400. The first-order valence-corrected chi connectivity index (χ1v) is 15.3. The van der Waals surface area contributed by atoms with Crippen LogP contribution < -0.4 is 0 Å². The lowest BCUT2D eigenvalue weighted by atomic mass is 10.1. The minimum atomic E-state index is 0.0327. The highest BCUT2D eigenvalue weighted by molar-refractivity contribution is 9.09. The topological polar surface area (TPSA) is 18.5 Å². The molecule has 0 atom stereocenters. The van der Waals surface area contributed by atoms with E-state index >= 15 is 0 Å². The molecule has 188 valence electrons. The molecule has 0 aliphatic rings. The van der Waals surface area contributed by atoms with E-state index in [2.05, 4.69) is 29.8 Å². The van der Waals surface area contributed by atoms with Gasteiger partial charge in [0.1, 0.15) is 0 Å². The first-order valence-electron chi connectivity index (χ1n) is 14.1. The Morgan fingerprint density at radius 3 is 1.23 bits per heavy atom. The Morgan fingerprint density at radius 2 is 0.806 bits per heavy atom. The molecule has 0 aromatic heterocycles. The number of hydrogen-bond acceptors (Lipinski definition) is 2. The molecule has 0 bridgehead atoms. The van der Waals surface area contributed by atoms with Crippen molar-refractivity contribution in [2.24, 2.45) is 0 Å². The summed E-state index contributed by atoms with van der Waals surface area (Å²) in [7, 11) is 0. The van der Waals surface area contributed by atoms with Crippen molar-refractivity contribution in [2.75, 3.05) is 18.5 Å². The van der Waals surface area contributed by atoms with E-state index in [1.165, 1.54) is 135 Å². The van der Waals surface area contributed by atoms with Crippen LogP contribution in [0.5, 0.6) is 0 Å². The van der Waals surface area contributed by atoms with E-state index in [1.54, 1.807) is 0 Å². The maximum absolute atomic E-state index is 6.16. The zero-order valence-corrected chi connectivity index (χ0v) is 23.0. The molecule has 0 aliphatic carbocycles. The van der Waals surface area contributed by atoms with Crippen molar-refractivity contribution in [1.82, 2.24) is 0 Å². The van der Waals surface area contributed by atoms with E-state index in [-0.39, 0.29) is 6.29 Å². The molecule has 0 aromatic carbocycles. The number of halogens is 1. The van der Waals surface area contributed by atoms with Crippen LogP contribution in [0.25, 0.3) is 0 Å². The van der Waals surface area contributed by atoms with Crippen molar-refractivity contribution in [3.8, 4) is 0 Å². The quantitative estimate of drug-likeness (QED) is 0.0628. The third-order valence-corrected chi connectivity index (χ3v) is 6.74. The molecular weight excluding hydrogens is 448 g/mol. The first kappa shape index (κ1) is 31.4. The molecule has 0 aromatic rings. The number of alkyl halides is 1. The SMILES string of the molecule is CCCCCCCCCCOC(CCCCCCCBr)OCCCCCCCCCC. The van der Waals surface area contributed by atoms with Gasteiger partial charge in [-0.15, -0.1) is 0 Å². The lowest BCUT2D eigenvalue weighted by molar-refractivity contribution is -0.148. The Morgan fingerprint density at radius 1 is 0.452 bits per heavy atom. The number of hydrogen-bond donors (Lipinski definition) is 0. The smallest absolute Gasteiger partial charge is 0.157 e. The van der Waals surface area contributed by atoms with Gasteiger partial charge in [-0.3, -0.25) is 0 Å². The van der Waals surface area contributed by atoms with Crippen LogP contribution in [0.15, 0.2) is 0 Å². The molecule has 0 heterocycles. The van der Waals surface area contributed by atoms with Gasteiger partial charge < -0.3 is 9.47 Å². The van der Waals surface area contributed by atoms with Crippen molar-refractivity contribution in [3.63, 3.8) is 0 Å². The van der Waals surface area contributed by atoms with E-state index in [9.17, 15) is 0 Å². The molecule has 0 radical (unpaired) electrons. The lowest BCUT2D eigenvalue weighted by Crippen LogP contribution is -2.19. The zero-order chi connectivity index (χ0) is 22.7. The predicted molar refractivity (Wildman–Crippen MR) is 142 cm³/mol. The minimum absolute atomic E-state index is 0.0327. The third-order valence-electron chi connectivity index (χ3n) is 6.18. The minimum Gasteiger partial charge on any atom is -0.353 e. The summed E-state index contributed by atoms with van der Waals surface area (Å²) < 4.78 is 12.3. The van der Waals surface area contributed by atoms with Gasteiger partial charge in [0.15, 0.2) is 6.29 Å². The highest BCUT2D eigenvalue weighted by Gasteiger charge is 2.09. The van der Waals surface area contributed by atoms with E-state index in [0.717, 1.165) is 25.0 Å². The van der Waals surface area contributed by atoms with E-state index in [4.69, 9.17) is 9.47 Å². The van der Waals surface area contributed by atoms with Crippen molar-refractivity contribution in [3.05, 3.63) is 0 Å². The molecule has 0 spiro atoms. The standard InChI is InChI=1S/C28H57BrO2/c1-3-5-7-9-11-13-18-22-26-30-28(24-20-16-15-17-21-25-29)31-27-23-19-14-12-10-8-6-4-2/h28H,3-27H2,1-2H3. The first-order chi connectivity index (χ1) is 15.3. The van der Waals surface area contributed by atoms with Gasteiger partial charge in [0.2, 0.25) is 0 Å². The van der Waals surface area contributed by atoms with Crippen molar-refractivity contribution in [2.45, 2.75) is 161 Å². The van der Waals surface area contributed by atoms with Gasteiger partial charge in [-0.1, -0.05) is 139 Å². The Balaban J connectivity index is 3.79. The van der Waals surface area contributed by atoms with Crippen molar-refractivity contribution < 1.29 is 9.47 Å². The lowest BCUT2D eigenvalue weighted by Gasteiger charge is -2.19. The molecule has 2 nitrogen and oxygen atoms in total. The fourth-order valence-electron chi connectivity index (χ4n) is 4.05. The molecule has 0 saturated carbocycles. The molecule has 0 unspecified atom stereocenters. The number of unbranched alkanes of at least 4 members (excludes halogenated alkanes) is 18. The summed E-state index contributed by atoms with van der Waals surface area (Å²) >= 11 is 3.53. The maximum atomic E-state index is 6.16. The van der Waals surface area contributed by atoms with Crippen LogP contribution in [-0.4, -0.2) is 24.8 Å². The van der Waals surface area contributed by atoms with Crippen LogP contribution in [0.3, 0.4) is 0 Å². The summed E-state index contributed by atoms with van der Waals surface area (Å²) in [5.41, 5.74) is 0. The molecule has 0 amide bonds. The van der Waals surface area contributed by atoms with Gasteiger partial charge in [-0.05, 0) is 32.1 Å². The average molecular weight is 506 g/mol. The van der Waals surface area contributed by atoms with E-state index in [0.29, 0.717) is 0 Å². The van der Waals surface area contributed by atoms with Gasteiger partial charge in [-0.2, -0.15) is 0 Å². The Labute approximate surface area is 205 Å². The summed E-state index contributed by atoms with van der Waals surface area (Å²) in [5, 5.41) is 1.14. The summed E-state index contributed by atoms with van der Waals surface area (Å²) in [6.45, 7) is 6.32. The normalized spacial score (nSPS) is 11.6. The molecular formula is C28H57BrO2. The average Bonchev–Trinajstić information content (AvgIpc) is 2.78. The fraction of sp³-hybridized carbons (Fsp3) is 1.00. The van der Waals surface area contributed by atoms with Crippen LogP contribution in [0.2, 0.25) is 0 Å². The van der Waals surface area contributed by atoms with Gasteiger partial charge >= 0.3 is 0 Å². The second-order valence-corrected chi connectivity index (χ2v) is 10.2. The molecule has 0 rings (SSSR count). The zero-order valence-electron chi connectivity index (χ0n) is 21.4. The van der Waals surface area contributed by atoms with Gasteiger partial charge in [0, 0.05) is 18.5 Å². The molecule has 3 heteroatoms. The Kier molecular flexibility index (Phi) is 28.8. The van der Waals surface area contributed by atoms with Crippen LogP contribution in [0.4, 0.5) is 0 Å². The summed E-state index contributed by atoms with van der Waals surface area (Å²) in [6.07, 6.45) is 29.3. The molecule has 0 N–H and O–H groups in total. The van der Waals surface area contributed by atoms with Crippen molar-refractivity contribution in [1.29, 1.82) is 0 Å². The summed E-state index contributed by atoms with van der Waals surface area (Å²) in [6, 6.07) is 0. The van der Waals surface area contributed by atoms with Crippen LogP contribution in [0, 0.1) is 0 Å². The number of ether oxygens (including phenoxy) is 2. The van der Waals surface area contributed by atoms with Crippen molar-refractivity contribution >= 4 is 15.9 Å². The van der Waals surface area contributed by atoms with Gasteiger partial charge in [-0.25, -0.2) is 0 Å². The summed E-state index contributed by atoms with van der Waals surface area (Å²) in [4.78, 5) is 0. The van der Waals surface area contributed by atoms with Crippen LogP contribution in [0.1, 0.15) is 155 Å². The molecule has 0 saturated heterocycles. The van der Waals surface area contributed by atoms with E-state index < -0.39 is 0 Å². The van der Waals surface area contributed by atoms with Crippen LogP contribution >= 0.6 is 15.9 Å². The Bertz CT molecular complexity index is 289. The third kappa shape index (κ3) is 26.5.